The normalized spacial score (nSPS) is 21.2. The van der Waals surface area contributed by atoms with Crippen molar-refractivity contribution in [2.75, 3.05) is 13.1 Å². The van der Waals surface area contributed by atoms with E-state index in [0.717, 1.165) is 42.6 Å². The summed E-state index contributed by atoms with van der Waals surface area (Å²) in [6, 6.07) is 10.6. The summed E-state index contributed by atoms with van der Waals surface area (Å²) in [4.78, 5) is 30.0. The van der Waals surface area contributed by atoms with Gasteiger partial charge in [-0.05, 0) is 24.4 Å². The molecule has 0 bridgehead atoms. The van der Waals surface area contributed by atoms with Gasteiger partial charge in [-0.15, -0.1) is 0 Å². The molecule has 1 fully saturated rings. The Balaban J connectivity index is 1.55. The van der Waals surface area contributed by atoms with Gasteiger partial charge in [-0.1, -0.05) is 37.3 Å². The first-order valence-corrected chi connectivity index (χ1v) is 9.39. The molecule has 138 valence electrons. The van der Waals surface area contributed by atoms with Gasteiger partial charge in [0, 0.05) is 13.1 Å². The maximum Gasteiger partial charge on any atom is 0.326 e. The lowest BCUT2D eigenvalue weighted by Gasteiger charge is -2.37. The predicted octanol–water partition coefficient (Wildman–Crippen LogP) is 2.68. The Morgan fingerprint density at radius 1 is 1.22 bits per heavy atom. The van der Waals surface area contributed by atoms with Gasteiger partial charge in [0.25, 0.3) is 0 Å². The van der Waals surface area contributed by atoms with Crippen molar-refractivity contribution in [1.82, 2.24) is 29.4 Å². The monoisotopic (exact) mass is 362 g/mol. The van der Waals surface area contributed by atoms with Crippen LogP contribution < -0.4 is 5.69 Å². The Kier molecular flexibility index (Phi) is 3.82. The van der Waals surface area contributed by atoms with Crippen LogP contribution in [0.5, 0.6) is 0 Å². The first kappa shape index (κ1) is 16.3. The van der Waals surface area contributed by atoms with E-state index in [1.54, 1.807) is 12.5 Å². The molecule has 27 heavy (non-hydrogen) atoms. The summed E-state index contributed by atoms with van der Waals surface area (Å²) in [5, 5.41) is 0. The summed E-state index contributed by atoms with van der Waals surface area (Å²) in [6.45, 7) is 5.04. The zero-order chi connectivity index (χ0) is 18.4. The van der Waals surface area contributed by atoms with Crippen molar-refractivity contribution in [2.24, 2.45) is 5.92 Å². The Hall–Kier alpha value is -2.93. The van der Waals surface area contributed by atoms with Gasteiger partial charge in [0.1, 0.15) is 5.52 Å². The van der Waals surface area contributed by atoms with Gasteiger partial charge in [0.05, 0.1) is 29.6 Å². The second-order valence-electron chi connectivity index (χ2n) is 7.48. The summed E-state index contributed by atoms with van der Waals surface area (Å²) >= 11 is 0. The fourth-order valence-corrected chi connectivity index (χ4v) is 4.25. The molecule has 2 atom stereocenters. The largest absolute Gasteiger partial charge is 0.341 e. The van der Waals surface area contributed by atoms with Crippen LogP contribution in [-0.2, 0) is 6.54 Å². The number of hydrogen-bond donors (Lipinski definition) is 2. The average Bonchev–Trinajstić information content (AvgIpc) is 3.27. The van der Waals surface area contributed by atoms with E-state index in [0.29, 0.717) is 11.6 Å². The summed E-state index contributed by atoms with van der Waals surface area (Å²) in [5.41, 5.74) is 4.31. The lowest BCUT2D eigenvalue weighted by molar-refractivity contribution is 0.127. The molecule has 0 spiro atoms. The van der Waals surface area contributed by atoms with Crippen LogP contribution >= 0.6 is 0 Å². The number of nitrogens with one attached hydrogen (secondary N) is 2. The third-order valence-electron chi connectivity index (χ3n) is 5.71. The molecule has 7 heteroatoms. The number of likely N-dealkylation sites (tertiary alicyclic amines) is 1. The van der Waals surface area contributed by atoms with Crippen molar-refractivity contribution in [3.05, 3.63) is 58.9 Å². The van der Waals surface area contributed by atoms with E-state index in [1.807, 2.05) is 10.6 Å². The molecule has 7 nitrogen and oxygen atoms in total. The minimum atomic E-state index is -0.0766. The van der Waals surface area contributed by atoms with Gasteiger partial charge >= 0.3 is 5.69 Å². The van der Waals surface area contributed by atoms with Crippen molar-refractivity contribution in [1.29, 1.82) is 0 Å². The lowest BCUT2D eigenvalue weighted by Crippen LogP contribution is -2.42. The van der Waals surface area contributed by atoms with Gasteiger partial charge in [-0.3, -0.25) is 9.47 Å². The minimum Gasteiger partial charge on any atom is -0.341 e. The third-order valence-corrected chi connectivity index (χ3v) is 5.71. The maximum absolute atomic E-state index is 12.8. The maximum atomic E-state index is 12.8. The van der Waals surface area contributed by atoms with Crippen molar-refractivity contribution >= 4 is 22.2 Å². The van der Waals surface area contributed by atoms with Crippen LogP contribution in [0.1, 0.15) is 24.9 Å². The van der Waals surface area contributed by atoms with Gasteiger partial charge in [-0.2, -0.15) is 0 Å². The van der Waals surface area contributed by atoms with E-state index >= 15 is 0 Å². The van der Waals surface area contributed by atoms with Gasteiger partial charge in [0.15, 0.2) is 5.65 Å². The minimum absolute atomic E-state index is 0.0766. The molecule has 0 radical (unpaired) electrons. The smallest absolute Gasteiger partial charge is 0.326 e. The van der Waals surface area contributed by atoms with Crippen LogP contribution in [0.4, 0.5) is 0 Å². The molecular formula is C20H22N6O. The Labute approximate surface area is 156 Å². The topological polar surface area (TPSA) is 82.6 Å². The van der Waals surface area contributed by atoms with E-state index < -0.39 is 0 Å². The van der Waals surface area contributed by atoms with Crippen LogP contribution in [0.2, 0.25) is 0 Å². The third kappa shape index (κ3) is 2.75. The molecule has 0 amide bonds. The molecule has 4 aromatic rings. The molecule has 1 aliphatic heterocycles. The Bertz CT molecular complexity index is 1140. The molecule has 1 aromatic carbocycles. The van der Waals surface area contributed by atoms with E-state index in [-0.39, 0.29) is 11.7 Å². The molecule has 4 heterocycles. The van der Waals surface area contributed by atoms with E-state index in [2.05, 4.69) is 56.0 Å². The highest BCUT2D eigenvalue weighted by Crippen LogP contribution is 2.31. The van der Waals surface area contributed by atoms with Crippen molar-refractivity contribution in [2.45, 2.75) is 25.9 Å². The molecular weight excluding hydrogens is 340 g/mol. The first-order chi connectivity index (χ1) is 13.2. The van der Waals surface area contributed by atoms with Gasteiger partial charge in [-0.25, -0.2) is 14.8 Å². The number of rotatable bonds is 3. The van der Waals surface area contributed by atoms with Crippen molar-refractivity contribution < 1.29 is 0 Å². The zero-order valence-corrected chi connectivity index (χ0v) is 15.2. The van der Waals surface area contributed by atoms with Crippen molar-refractivity contribution in [3.63, 3.8) is 0 Å². The number of nitrogens with zero attached hydrogens (tertiary/aromatic N) is 4. The first-order valence-electron chi connectivity index (χ1n) is 9.39. The molecule has 1 aliphatic rings. The Morgan fingerprint density at radius 2 is 2.07 bits per heavy atom. The Morgan fingerprint density at radius 3 is 2.93 bits per heavy atom. The van der Waals surface area contributed by atoms with Gasteiger partial charge < -0.3 is 9.97 Å². The van der Waals surface area contributed by atoms with Crippen LogP contribution in [0.3, 0.4) is 0 Å². The standard InChI is InChI=1S/C20H22N6O/c1-13-7-8-25(10-14-5-3-2-4-6-14)11-16(13)26-18-15(24-20(26)27)9-21-19-17(18)22-12-23-19/h2-6,9,12-13,16H,7-8,10-11H2,1H3,(H,24,27)(H,21,22,23)/t13-,16+/m1/s1. The molecule has 3 aromatic heterocycles. The van der Waals surface area contributed by atoms with Crippen LogP contribution in [0.15, 0.2) is 47.7 Å². The van der Waals surface area contributed by atoms with E-state index in [4.69, 9.17) is 0 Å². The van der Waals surface area contributed by atoms with E-state index in [9.17, 15) is 4.79 Å². The number of H-pyrrole nitrogens is 2. The van der Waals surface area contributed by atoms with Crippen LogP contribution in [0, 0.1) is 5.92 Å². The molecule has 0 aliphatic carbocycles. The molecule has 2 N–H and O–H groups in total. The number of pyridine rings is 1. The number of aromatic amines is 2. The SMILES string of the molecule is C[C@@H]1CCN(Cc2ccccc2)C[C@@H]1n1c(=O)[nH]c2cnc3nc[nH]c3c21. The highest BCUT2D eigenvalue weighted by Gasteiger charge is 2.30. The number of imidazole rings is 2. The molecule has 0 saturated carbocycles. The van der Waals surface area contributed by atoms with Crippen LogP contribution in [-0.4, -0.2) is 42.5 Å². The predicted molar refractivity (Wildman–Crippen MR) is 105 cm³/mol. The van der Waals surface area contributed by atoms with Crippen molar-refractivity contribution in [3.8, 4) is 0 Å². The summed E-state index contributed by atoms with van der Waals surface area (Å²) in [6.07, 6.45) is 4.39. The number of piperidine rings is 1. The lowest BCUT2D eigenvalue weighted by atomic mass is 9.92. The molecule has 5 rings (SSSR count). The quantitative estimate of drug-likeness (QED) is 0.587. The number of aromatic nitrogens is 5. The highest BCUT2D eigenvalue weighted by atomic mass is 16.1. The summed E-state index contributed by atoms with van der Waals surface area (Å²) in [5.74, 6) is 0.417. The number of fused-ring (bicyclic) bond motifs is 3. The number of benzene rings is 1. The van der Waals surface area contributed by atoms with Gasteiger partial charge in [0.2, 0.25) is 0 Å². The summed E-state index contributed by atoms with van der Waals surface area (Å²) < 4.78 is 1.92. The van der Waals surface area contributed by atoms with E-state index in [1.165, 1.54) is 5.56 Å². The second-order valence-corrected chi connectivity index (χ2v) is 7.48. The fourth-order valence-electron chi connectivity index (χ4n) is 4.25. The number of hydrogen-bond acceptors (Lipinski definition) is 4. The fraction of sp³-hybridized carbons (Fsp3) is 0.350. The summed E-state index contributed by atoms with van der Waals surface area (Å²) in [7, 11) is 0. The second kappa shape index (κ2) is 6.35. The average molecular weight is 362 g/mol. The molecule has 1 saturated heterocycles. The highest BCUT2D eigenvalue weighted by molar-refractivity contribution is 5.98. The molecule has 0 unspecified atom stereocenters. The zero-order valence-electron chi connectivity index (χ0n) is 15.2. The van der Waals surface area contributed by atoms with Crippen LogP contribution in [0.25, 0.3) is 22.2 Å².